The van der Waals surface area contributed by atoms with Crippen LogP contribution in [0.5, 0.6) is 0 Å². The molecule has 0 bridgehead atoms. The molecule has 27 heavy (non-hydrogen) atoms. The molecule has 2 rings (SSSR count). The Labute approximate surface area is 168 Å². The number of alkyl carbamates (subject to hydrolysis) is 1. The molecule has 0 aliphatic carbocycles. The molecule has 0 saturated carbocycles. The first-order valence-corrected chi connectivity index (χ1v) is 9.78. The summed E-state index contributed by atoms with van der Waals surface area (Å²) in [5.41, 5.74) is 1.85. The van der Waals surface area contributed by atoms with E-state index in [1.807, 2.05) is 57.4 Å². The summed E-state index contributed by atoms with van der Waals surface area (Å²) in [6.07, 6.45) is -0.487. The first-order chi connectivity index (χ1) is 12.5. The Balaban J connectivity index is 2.39. The van der Waals surface area contributed by atoms with E-state index in [1.165, 1.54) is 0 Å². The van der Waals surface area contributed by atoms with Crippen LogP contribution in [0.25, 0.3) is 10.9 Å². The highest BCUT2D eigenvalue weighted by molar-refractivity contribution is 9.10. The van der Waals surface area contributed by atoms with E-state index in [4.69, 9.17) is 9.47 Å². The number of nitrogens with one attached hydrogen (secondary N) is 1. The van der Waals surface area contributed by atoms with Gasteiger partial charge in [-0.05, 0) is 69.1 Å². The molecule has 0 radical (unpaired) electrons. The zero-order chi connectivity index (χ0) is 20.4. The predicted molar refractivity (Wildman–Crippen MR) is 109 cm³/mol. The van der Waals surface area contributed by atoms with Crippen molar-refractivity contribution >= 4 is 38.9 Å². The topological polar surface area (TPSA) is 69.6 Å². The Morgan fingerprint density at radius 2 is 1.96 bits per heavy atom. The first kappa shape index (κ1) is 21.3. The number of aryl methyl sites for hydroxylation is 1. The fourth-order valence-corrected chi connectivity index (χ4v) is 3.39. The molecule has 0 saturated heterocycles. The number of benzene rings is 1. The first-order valence-electron chi connectivity index (χ1n) is 8.99. The molecule has 0 spiro atoms. The van der Waals surface area contributed by atoms with Crippen molar-refractivity contribution in [2.75, 3.05) is 13.2 Å². The molecule has 1 heterocycles. The van der Waals surface area contributed by atoms with Crippen LogP contribution >= 0.6 is 15.9 Å². The van der Waals surface area contributed by atoms with Crippen molar-refractivity contribution in [1.82, 2.24) is 9.88 Å². The molecule has 7 heteroatoms. The zero-order valence-electron chi connectivity index (χ0n) is 16.7. The summed E-state index contributed by atoms with van der Waals surface area (Å²) in [5.74, 6) is -0.387. The van der Waals surface area contributed by atoms with Crippen molar-refractivity contribution in [3.63, 3.8) is 0 Å². The Hall–Kier alpha value is -2.02. The van der Waals surface area contributed by atoms with Crippen molar-refractivity contribution in [2.45, 2.75) is 53.2 Å². The van der Waals surface area contributed by atoms with Crippen LogP contribution in [0.4, 0.5) is 4.79 Å². The van der Waals surface area contributed by atoms with E-state index >= 15 is 0 Å². The normalized spacial score (nSPS) is 12.7. The lowest BCUT2D eigenvalue weighted by Gasteiger charge is -2.22. The lowest BCUT2D eigenvalue weighted by Crippen LogP contribution is -2.35. The maximum absolute atomic E-state index is 12.5. The number of amides is 1. The number of carbonyl (C=O) groups is 2. The lowest BCUT2D eigenvalue weighted by molar-refractivity contribution is 0.0512. The van der Waals surface area contributed by atoms with Gasteiger partial charge < -0.3 is 19.4 Å². The molecule has 1 amide bonds. The van der Waals surface area contributed by atoms with E-state index in [2.05, 4.69) is 21.2 Å². The molecule has 2 aromatic rings. The summed E-state index contributed by atoms with van der Waals surface area (Å²) in [4.78, 5) is 24.5. The molecular weight excluding hydrogens is 412 g/mol. The smallest absolute Gasteiger partial charge is 0.407 e. The van der Waals surface area contributed by atoms with Crippen LogP contribution < -0.4 is 5.32 Å². The number of fused-ring (bicyclic) bond motifs is 1. The van der Waals surface area contributed by atoms with Gasteiger partial charge in [0.25, 0.3) is 0 Å². The number of esters is 1. The van der Waals surface area contributed by atoms with Gasteiger partial charge in [-0.3, -0.25) is 0 Å². The minimum absolute atomic E-state index is 0.187. The standard InChI is InChI=1S/C20H27BrN2O4/c1-7-26-18(24)15-10-14-9-8-12(2)16(21)17(14)23(15)13(3)11-22-19(25)27-20(4,5)6/h8-10,13H,7,11H2,1-6H3,(H,22,25). The van der Waals surface area contributed by atoms with E-state index < -0.39 is 11.7 Å². The third kappa shape index (κ3) is 5.03. The van der Waals surface area contributed by atoms with Crippen LogP contribution in [0.3, 0.4) is 0 Å². The number of rotatable bonds is 5. The number of ether oxygens (including phenoxy) is 2. The average Bonchev–Trinajstić information content (AvgIpc) is 2.95. The number of halogens is 1. The summed E-state index contributed by atoms with van der Waals surface area (Å²) in [5, 5.41) is 3.70. The Morgan fingerprint density at radius 3 is 2.56 bits per heavy atom. The summed E-state index contributed by atoms with van der Waals surface area (Å²) in [6.45, 7) is 11.8. The third-order valence-electron chi connectivity index (χ3n) is 4.00. The van der Waals surface area contributed by atoms with E-state index in [-0.39, 0.29) is 12.0 Å². The van der Waals surface area contributed by atoms with Crippen molar-refractivity contribution < 1.29 is 19.1 Å². The SMILES string of the molecule is CCOC(=O)c1cc2ccc(C)c(Br)c2n1C(C)CNC(=O)OC(C)(C)C. The molecular formula is C20H27BrN2O4. The second-order valence-corrected chi connectivity index (χ2v) is 8.28. The van der Waals surface area contributed by atoms with Crippen molar-refractivity contribution in [3.8, 4) is 0 Å². The van der Waals surface area contributed by atoms with Crippen molar-refractivity contribution in [3.05, 3.63) is 33.9 Å². The fourth-order valence-electron chi connectivity index (χ4n) is 2.84. The van der Waals surface area contributed by atoms with Gasteiger partial charge in [-0.1, -0.05) is 12.1 Å². The molecule has 1 aromatic heterocycles. The van der Waals surface area contributed by atoms with Crippen LogP contribution in [0.2, 0.25) is 0 Å². The maximum atomic E-state index is 12.5. The highest BCUT2D eigenvalue weighted by Gasteiger charge is 2.23. The van der Waals surface area contributed by atoms with Gasteiger partial charge in [-0.25, -0.2) is 9.59 Å². The van der Waals surface area contributed by atoms with Crippen LogP contribution in [0.1, 0.15) is 56.7 Å². The average molecular weight is 439 g/mol. The summed E-state index contributed by atoms with van der Waals surface area (Å²) in [6, 6.07) is 5.60. The second kappa shape index (κ2) is 8.33. The zero-order valence-corrected chi connectivity index (χ0v) is 18.3. The number of hydrogen-bond donors (Lipinski definition) is 1. The molecule has 148 valence electrons. The highest BCUT2D eigenvalue weighted by Crippen LogP contribution is 2.33. The minimum atomic E-state index is -0.566. The number of nitrogens with zero attached hydrogens (tertiary/aromatic N) is 1. The van der Waals surface area contributed by atoms with Crippen LogP contribution in [0, 0.1) is 6.92 Å². The molecule has 1 unspecified atom stereocenters. The number of carbonyl (C=O) groups excluding carboxylic acids is 2. The summed E-state index contributed by atoms with van der Waals surface area (Å²) >= 11 is 3.64. The van der Waals surface area contributed by atoms with E-state index in [9.17, 15) is 9.59 Å². The van der Waals surface area contributed by atoms with Gasteiger partial charge in [0.1, 0.15) is 11.3 Å². The largest absolute Gasteiger partial charge is 0.461 e. The Morgan fingerprint density at radius 1 is 1.30 bits per heavy atom. The number of aromatic nitrogens is 1. The predicted octanol–water partition coefficient (Wildman–Crippen LogP) is 4.97. The number of hydrogen-bond acceptors (Lipinski definition) is 4. The van der Waals surface area contributed by atoms with Gasteiger partial charge in [0.15, 0.2) is 0 Å². The van der Waals surface area contributed by atoms with E-state index in [0.29, 0.717) is 18.8 Å². The molecule has 0 aliphatic heterocycles. The van der Waals surface area contributed by atoms with Crippen molar-refractivity contribution in [1.29, 1.82) is 0 Å². The quantitative estimate of drug-likeness (QED) is 0.668. The third-order valence-corrected chi connectivity index (χ3v) is 5.00. The van der Waals surface area contributed by atoms with Crippen molar-refractivity contribution in [2.24, 2.45) is 0 Å². The van der Waals surface area contributed by atoms with Crippen LogP contribution in [-0.4, -0.2) is 35.4 Å². The molecule has 1 atom stereocenters. The molecule has 0 aliphatic rings. The van der Waals surface area contributed by atoms with Crippen LogP contribution in [-0.2, 0) is 9.47 Å². The van der Waals surface area contributed by atoms with Gasteiger partial charge in [0.05, 0.1) is 12.1 Å². The van der Waals surface area contributed by atoms with Gasteiger partial charge in [-0.15, -0.1) is 0 Å². The minimum Gasteiger partial charge on any atom is -0.461 e. The van der Waals surface area contributed by atoms with Gasteiger partial charge >= 0.3 is 12.1 Å². The molecule has 1 N–H and O–H groups in total. The Bertz CT molecular complexity index is 852. The highest BCUT2D eigenvalue weighted by atomic mass is 79.9. The second-order valence-electron chi connectivity index (χ2n) is 7.49. The maximum Gasteiger partial charge on any atom is 0.407 e. The lowest BCUT2D eigenvalue weighted by atomic mass is 10.2. The molecule has 0 fully saturated rings. The molecule has 1 aromatic carbocycles. The molecule has 6 nitrogen and oxygen atoms in total. The summed E-state index contributed by atoms with van der Waals surface area (Å²) < 4.78 is 13.3. The van der Waals surface area contributed by atoms with Gasteiger partial charge in [0, 0.05) is 22.4 Å². The van der Waals surface area contributed by atoms with Gasteiger partial charge in [0.2, 0.25) is 0 Å². The Kier molecular flexibility index (Phi) is 6.57. The van der Waals surface area contributed by atoms with Gasteiger partial charge in [-0.2, -0.15) is 0 Å². The monoisotopic (exact) mass is 438 g/mol. The van der Waals surface area contributed by atoms with Crippen LogP contribution in [0.15, 0.2) is 22.7 Å². The van der Waals surface area contributed by atoms with E-state index in [0.717, 1.165) is 20.9 Å². The summed E-state index contributed by atoms with van der Waals surface area (Å²) in [7, 11) is 0. The fraction of sp³-hybridized carbons (Fsp3) is 0.500. The van der Waals surface area contributed by atoms with E-state index in [1.54, 1.807) is 6.92 Å².